The van der Waals surface area contributed by atoms with Gasteiger partial charge < -0.3 is 0 Å². The molecule has 0 bridgehead atoms. The van der Waals surface area contributed by atoms with E-state index in [1.54, 1.807) is 0 Å². The van der Waals surface area contributed by atoms with Crippen LogP contribution in [-0.2, 0) is 0 Å². The summed E-state index contributed by atoms with van der Waals surface area (Å²) in [4.78, 5) is 2.72. The third kappa shape index (κ3) is 4.20. The lowest BCUT2D eigenvalue weighted by molar-refractivity contribution is 0.124. The molecule has 0 spiro atoms. The minimum absolute atomic E-state index is 0.377. The first-order chi connectivity index (χ1) is 10.1. The van der Waals surface area contributed by atoms with Gasteiger partial charge in [0.05, 0.1) is 6.07 Å². The van der Waals surface area contributed by atoms with Crippen LogP contribution in [0.3, 0.4) is 0 Å². The van der Waals surface area contributed by atoms with Crippen molar-refractivity contribution >= 4 is 0 Å². The minimum Gasteiger partial charge on any atom is -0.300 e. The molecule has 120 valence electrons. The lowest BCUT2D eigenvalue weighted by atomic mass is 9.91. The van der Waals surface area contributed by atoms with Crippen LogP contribution in [-0.4, -0.2) is 35.6 Å². The van der Waals surface area contributed by atoms with Crippen LogP contribution in [0, 0.1) is 17.2 Å². The molecule has 0 aromatic carbocycles. The standard InChI is InChI=1S/C18H33N3/c1-4-11-20-18(3,14-19)13-15(2)21-12-7-10-17(21)16-8-5-6-9-16/h15-17,20H,4-13H2,1-3H3. The highest BCUT2D eigenvalue weighted by atomic mass is 15.2. The van der Waals surface area contributed by atoms with Gasteiger partial charge in [-0.25, -0.2) is 0 Å². The van der Waals surface area contributed by atoms with Gasteiger partial charge in [-0.3, -0.25) is 10.2 Å². The first-order valence-corrected chi connectivity index (χ1v) is 9.01. The number of nitrogens with one attached hydrogen (secondary N) is 1. The molecule has 3 heteroatoms. The monoisotopic (exact) mass is 291 g/mol. The molecular formula is C18H33N3. The Morgan fingerprint density at radius 2 is 2.00 bits per heavy atom. The van der Waals surface area contributed by atoms with E-state index in [0.29, 0.717) is 6.04 Å². The highest BCUT2D eigenvalue weighted by molar-refractivity contribution is 5.06. The molecule has 3 nitrogen and oxygen atoms in total. The van der Waals surface area contributed by atoms with Gasteiger partial charge in [-0.2, -0.15) is 5.26 Å². The molecule has 2 fully saturated rings. The van der Waals surface area contributed by atoms with Crippen molar-refractivity contribution in [1.29, 1.82) is 5.26 Å². The van der Waals surface area contributed by atoms with Crippen molar-refractivity contribution in [3.05, 3.63) is 0 Å². The van der Waals surface area contributed by atoms with Crippen LogP contribution in [0.5, 0.6) is 0 Å². The van der Waals surface area contributed by atoms with Gasteiger partial charge in [0.1, 0.15) is 5.54 Å². The van der Waals surface area contributed by atoms with Crippen molar-refractivity contribution in [2.75, 3.05) is 13.1 Å². The van der Waals surface area contributed by atoms with Crippen LogP contribution >= 0.6 is 0 Å². The van der Waals surface area contributed by atoms with Gasteiger partial charge in [0.25, 0.3) is 0 Å². The van der Waals surface area contributed by atoms with Crippen LogP contribution in [0.25, 0.3) is 0 Å². The van der Waals surface area contributed by atoms with Gasteiger partial charge in [0.15, 0.2) is 0 Å². The second-order valence-corrected chi connectivity index (χ2v) is 7.42. The van der Waals surface area contributed by atoms with E-state index in [-0.39, 0.29) is 5.54 Å². The summed E-state index contributed by atoms with van der Waals surface area (Å²) in [6, 6.07) is 3.81. The van der Waals surface area contributed by atoms with Gasteiger partial charge in [0, 0.05) is 12.1 Å². The molecule has 1 saturated carbocycles. The van der Waals surface area contributed by atoms with E-state index in [1.807, 2.05) is 0 Å². The molecule has 2 aliphatic rings. The summed E-state index contributed by atoms with van der Waals surface area (Å²) in [5.41, 5.74) is -0.377. The Labute approximate surface area is 131 Å². The van der Waals surface area contributed by atoms with Gasteiger partial charge in [-0.05, 0) is 71.4 Å². The van der Waals surface area contributed by atoms with Gasteiger partial charge >= 0.3 is 0 Å². The summed E-state index contributed by atoms with van der Waals surface area (Å²) < 4.78 is 0. The number of nitriles is 1. The summed E-state index contributed by atoms with van der Waals surface area (Å²) in [6.45, 7) is 8.72. The quantitative estimate of drug-likeness (QED) is 0.777. The zero-order chi connectivity index (χ0) is 15.3. The maximum absolute atomic E-state index is 9.55. The topological polar surface area (TPSA) is 39.1 Å². The van der Waals surface area contributed by atoms with Crippen molar-refractivity contribution < 1.29 is 0 Å². The third-order valence-electron chi connectivity index (χ3n) is 5.57. The predicted molar refractivity (Wildman–Crippen MR) is 88.1 cm³/mol. The fourth-order valence-electron chi connectivity index (χ4n) is 4.48. The average Bonchev–Trinajstić information content (AvgIpc) is 3.14. The smallest absolute Gasteiger partial charge is 0.105 e. The summed E-state index contributed by atoms with van der Waals surface area (Å²) >= 11 is 0. The van der Waals surface area contributed by atoms with E-state index in [1.165, 1.54) is 45.1 Å². The fraction of sp³-hybridized carbons (Fsp3) is 0.944. The number of hydrogen-bond donors (Lipinski definition) is 1. The van der Waals surface area contributed by atoms with E-state index >= 15 is 0 Å². The Balaban J connectivity index is 1.94. The molecule has 21 heavy (non-hydrogen) atoms. The van der Waals surface area contributed by atoms with Crippen LogP contribution < -0.4 is 5.32 Å². The van der Waals surface area contributed by atoms with Crippen LogP contribution in [0.2, 0.25) is 0 Å². The Kier molecular flexibility index (Phi) is 6.08. The van der Waals surface area contributed by atoms with Gasteiger partial charge in [-0.1, -0.05) is 19.8 Å². The van der Waals surface area contributed by atoms with E-state index in [2.05, 4.69) is 37.1 Å². The van der Waals surface area contributed by atoms with Crippen molar-refractivity contribution in [3.63, 3.8) is 0 Å². The first kappa shape index (κ1) is 16.8. The van der Waals surface area contributed by atoms with Crippen molar-refractivity contribution in [2.45, 2.75) is 89.8 Å². The molecule has 0 amide bonds. The number of rotatable bonds is 7. The molecule has 3 unspecified atom stereocenters. The maximum atomic E-state index is 9.55. The minimum atomic E-state index is -0.377. The second-order valence-electron chi connectivity index (χ2n) is 7.42. The molecule has 1 heterocycles. The molecule has 0 radical (unpaired) electrons. The Morgan fingerprint density at radius 1 is 1.29 bits per heavy atom. The maximum Gasteiger partial charge on any atom is 0.105 e. The largest absolute Gasteiger partial charge is 0.300 e. The van der Waals surface area contributed by atoms with E-state index < -0.39 is 0 Å². The van der Waals surface area contributed by atoms with Crippen LogP contribution in [0.1, 0.15) is 72.1 Å². The van der Waals surface area contributed by atoms with E-state index in [4.69, 9.17) is 0 Å². The zero-order valence-corrected chi connectivity index (χ0v) is 14.2. The Morgan fingerprint density at radius 3 is 2.62 bits per heavy atom. The lowest BCUT2D eigenvalue weighted by Crippen LogP contribution is -2.49. The molecule has 1 aliphatic carbocycles. The molecule has 1 N–H and O–H groups in total. The number of nitrogens with zero attached hydrogens (tertiary/aromatic N) is 2. The highest BCUT2D eigenvalue weighted by Crippen LogP contribution is 2.37. The van der Waals surface area contributed by atoms with Crippen molar-refractivity contribution in [2.24, 2.45) is 5.92 Å². The van der Waals surface area contributed by atoms with Crippen LogP contribution in [0.4, 0.5) is 0 Å². The Hall–Kier alpha value is -0.590. The molecule has 0 aromatic heterocycles. The zero-order valence-electron chi connectivity index (χ0n) is 14.2. The predicted octanol–water partition coefficient (Wildman–Crippen LogP) is 3.70. The number of likely N-dealkylation sites (tertiary alicyclic amines) is 1. The fourth-order valence-corrected chi connectivity index (χ4v) is 4.48. The summed E-state index contributed by atoms with van der Waals surface area (Å²) in [6.07, 6.45) is 10.5. The normalized spacial score (nSPS) is 28.4. The molecule has 1 aliphatic heterocycles. The second kappa shape index (κ2) is 7.61. The summed E-state index contributed by atoms with van der Waals surface area (Å²) in [5.74, 6) is 0.923. The molecular weight excluding hydrogens is 258 g/mol. The lowest BCUT2D eigenvalue weighted by Gasteiger charge is -2.37. The third-order valence-corrected chi connectivity index (χ3v) is 5.57. The summed E-state index contributed by atoms with van der Waals surface area (Å²) in [7, 11) is 0. The molecule has 2 rings (SSSR count). The highest BCUT2D eigenvalue weighted by Gasteiger charge is 2.37. The molecule has 3 atom stereocenters. The van der Waals surface area contributed by atoms with Gasteiger partial charge in [-0.15, -0.1) is 0 Å². The molecule has 0 aromatic rings. The average molecular weight is 291 g/mol. The Bertz CT molecular complexity index is 356. The number of hydrogen-bond acceptors (Lipinski definition) is 3. The molecule has 1 saturated heterocycles. The van der Waals surface area contributed by atoms with E-state index in [9.17, 15) is 5.26 Å². The van der Waals surface area contributed by atoms with Crippen molar-refractivity contribution in [3.8, 4) is 6.07 Å². The van der Waals surface area contributed by atoms with E-state index in [0.717, 1.165) is 31.3 Å². The first-order valence-electron chi connectivity index (χ1n) is 9.01. The van der Waals surface area contributed by atoms with Crippen molar-refractivity contribution in [1.82, 2.24) is 10.2 Å². The van der Waals surface area contributed by atoms with Crippen LogP contribution in [0.15, 0.2) is 0 Å². The van der Waals surface area contributed by atoms with Gasteiger partial charge in [0.2, 0.25) is 0 Å². The SMILES string of the molecule is CCCNC(C)(C#N)CC(C)N1CCCC1C1CCCC1. The summed E-state index contributed by atoms with van der Waals surface area (Å²) in [5, 5.41) is 13.0.